The SMILES string of the molecule is CC(C)CCOOO. The fraction of sp³-hybridized carbons (Fsp3) is 1.00. The van der Waals surface area contributed by atoms with E-state index in [1.165, 1.54) is 0 Å². The van der Waals surface area contributed by atoms with Crippen molar-refractivity contribution in [2.24, 2.45) is 5.92 Å². The second-order valence-electron chi connectivity index (χ2n) is 2.08. The van der Waals surface area contributed by atoms with Crippen LogP contribution in [0.15, 0.2) is 0 Å². The highest BCUT2D eigenvalue weighted by molar-refractivity contribution is 4.39. The zero-order chi connectivity index (χ0) is 6.41. The largest absolute Gasteiger partial charge is 0.221 e. The Morgan fingerprint density at radius 2 is 2.12 bits per heavy atom. The van der Waals surface area contributed by atoms with Crippen LogP contribution in [0, 0.1) is 5.92 Å². The molecule has 0 saturated heterocycles. The summed E-state index contributed by atoms with van der Waals surface area (Å²) in [6.07, 6.45) is 0.903. The van der Waals surface area contributed by atoms with Crippen molar-refractivity contribution in [3.63, 3.8) is 0 Å². The first-order valence-corrected chi connectivity index (χ1v) is 2.70. The second kappa shape index (κ2) is 5.03. The number of hydrogen-bond donors (Lipinski definition) is 1. The zero-order valence-electron chi connectivity index (χ0n) is 5.26. The average molecular weight is 120 g/mol. The highest BCUT2D eigenvalue weighted by atomic mass is 17.5. The second-order valence-corrected chi connectivity index (χ2v) is 2.08. The summed E-state index contributed by atoms with van der Waals surface area (Å²) in [5.41, 5.74) is 0. The molecule has 0 aliphatic carbocycles. The molecule has 0 aliphatic rings. The highest BCUT2D eigenvalue weighted by Gasteiger charge is 1.92. The molecule has 0 unspecified atom stereocenters. The van der Waals surface area contributed by atoms with Gasteiger partial charge < -0.3 is 0 Å². The van der Waals surface area contributed by atoms with Crippen LogP contribution in [-0.4, -0.2) is 11.9 Å². The fourth-order valence-corrected chi connectivity index (χ4v) is 0.321. The molecule has 0 aliphatic heterocycles. The molecule has 0 heterocycles. The Kier molecular flexibility index (Phi) is 4.95. The van der Waals surface area contributed by atoms with E-state index in [9.17, 15) is 0 Å². The fourth-order valence-electron chi connectivity index (χ4n) is 0.321. The monoisotopic (exact) mass is 120 g/mol. The number of hydrogen-bond acceptors (Lipinski definition) is 3. The van der Waals surface area contributed by atoms with Gasteiger partial charge in [0.1, 0.15) is 0 Å². The van der Waals surface area contributed by atoms with E-state index in [-0.39, 0.29) is 0 Å². The van der Waals surface area contributed by atoms with Gasteiger partial charge in [0.25, 0.3) is 0 Å². The molecule has 8 heavy (non-hydrogen) atoms. The van der Waals surface area contributed by atoms with Crippen LogP contribution >= 0.6 is 0 Å². The molecule has 0 atom stereocenters. The van der Waals surface area contributed by atoms with Crippen molar-refractivity contribution in [3.05, 3.63) is 0 Å². The maximum Gasteiger partial charge on any atom is 0.0856 e. The minimum Gasteiger partial charge on any atom is -0.221 e. The van der Waals surface area contributed by atoms with Crippen LogP contribution in [0.2, 0.25) is 0 Å². The molecule has 0 spiro atoms. The van der Waals surface area contributed by atoms with Gasteiger partial charge in [-0.05, 0) is 12.3 Å². The van der Waals surface area contributed by atoms with Gasteiger partial charge in [-0.3, -0.25) is 0 Å². The van der Waals surface area contributed by atoms with Crippen molar-refractivity contribution in [3.8, 4) is 0 Å². The lowest BCUT2D eigenvalue weighted by atomic mass is 10.1. The minimum atomic E-state index is 0.453. The molecule has 3 nitrogen and oxygen atoms in total. The van der Waals surface area contributed by atoms with E-state index in [1.54, 1.807) is 0 Å². The third-order valence-electron chi connectivity index (χ3n) is 0.831. The molecular formula is C5H12O3. The topological polar surface area (TPSA) is 38.7 Å². The Hall–Kier alpha value is -0.120. The molecule has 0 saturated carbocycles. The van der Waals surface area contributed by atoms with Gasteiger partial charge in [-0.1, -0.05) is 18.9 Å². The minimum absolute atomic E-state index is 0.453. The van der Waals surface area contributed by atoms with Gasteiger partial charge in [-0.15, -0.1) is 0 Å². The van der Waals surface area contributed by atoms with E-state index in [0.717, 1.165) is 6.42 Å². The maximum absolute atomic E-state index is 7.66. The molecule has 0 aromatic carbocycles. The summed E-state index contributed by atoms with van der Waals surface area (Å²) in [5.74, 6) is 0.588. The van der Waals surface area contributed by atoms with Gasteiger partial charge in [0, 0.05) is 0 Å². The van der Waals surface area contributed by atoms with Crippen LogP contribution in [0.3, 0.4) is 0 Å². The lowest BCUT2D eigenvalue weighted by Crippen LogP contribution is -1.97. The normalized spacial score (nSPS) is 10.5. The van der Waals surface area contributed by atoms with Crippen molar-refractivity contribution in [1.82, 2.24) is 0 Å². The maximum atomic E-state index is 7.66. The summed E-state index contributed by atoms with van der Waals surface area (Å²) < 4.78 is 0. The first kappa shape index (κ1) is 7.88. The van der Waals surface area contributed by atoms with Gasteiger partial charge in [0.05, 0.1) is 6.61 Å². The Balaban J connectivity index is 2.72. The molecule has 1 N–H and O–H groups in total. The van der Waals surface area contributed by atoms with Crippen molar-refractivity contribution in [2.75, 3.05) is 6.61 Å². The van der Waals surface area contributed by atoms with E-state index in [1.807, 2.05) is 0 Å². The third kappa shape index (κ3) is 5.88. The summed E-state index contributed by atoms with van der Waals surface area (Å²) in [6, 6.07) is 0. The zero-order valence-corrected chi connectivity index (χ0v) is 5.26. The molecule has 0 rings (SSSR count). The molecule has 0 fully saturated rings. The van der Waals surface area contributed by atoms with Gasteiger partial charge >= 0.3 is 0 Å². The van der Waals surface area contributed by atoms with E-state index >= 15 is 0 Å². The van der Waals surface area contributed by atoms with Crippen LogP contribution in [0.4, 0.5) is 0 Å². The summed E-state index contributed by atoms with van der Waals surface area (Å²) in [6.45, 7) is 4.59. The van der Waals surface area contributed by atoms with E-state index < -0.39 is 0 Å². The predicted molar refractivity (Wildman–Crippen MR) is 29.1 cm³/mol. The Morgan fingerprint density at radius 3 is 2.50 bits per heavy atom. The van der Waals surface area contributed by atoms with Crippen LogP contribution in [0.5, 0.6) is 0 Å². The summed E-state index contributed by atoms with van der Waals surface area (Å²) in [4.78, 5) is 4.20. The van der Waals surface area contributed by atoms with Crippen LogP contribution in [0.1, 0.15) is 20.3 Å². The van der Waals surface area contributed by atoms with Gasteiger partial charge in [0.2, 0.25) is 0 Å². The smallest absolute Gasteiger partial charge is 0.0856 e. The standard InChI is InChI=1S/C5H12O3/c1-5(2)3-4-7-8-6/h5-6H,3-4H2,1-2H3. The van der Waals surface area contributed by atoms with Crippen LogP contribution in [0.25, 0.3) is 0 Å². The van der Waals surface area contributed by atoms with Gasteiger partial charge in [-0.2, -0.15) is 0 Å². The Labute approximate surface area is 49.1 Å². The van der Waals surface area contributed by atoms with Gasteiger partial charge in [-0.25, -0.2) is 10.1 Å². The molecule has 3 heteroatoms. The Morgan fingerprint density at radius 1 is 1.50 bits per heavy atom. The molecule has 0 amide bonds. The van der Waals surface area contributed by atoms with E-state index in [2.05, 4.69) is 23.8 Å². The van der Waals surface area contributed by atoms with Crippen molar-refractivity contribution < 1.29 is 15.2 Å². The molecule has 0 aromatic heterocycles. The first-order chi connectivity index (χ1) is 3.77. The summed E-state index contributed by atoms with van der Waals surface area (Å²) in [5, 5.41) is 11.0. The average Bonchev–Trinajstić information content (AvgIpc) is 1.66. The Bertz CT molecular complexity index is 44.9. The summed E-state index contributed by atoms with van der Waals surface area (Å²) in [7, 11) is 0. The molecule has 50 valence electrons. The third-order valence-corrected chi connectivity index (χ3v) is 0.831. The number of rotatable bonds is 4. The van der Waals surface area contributed by atoms with Gasteiger partial charge in [0.15, 0.2) is 0 Å². The molecule has 0 aromatic rings. The van der Waals surface area contributed by atoms with Crippen molar-refractivity contribution in [2.45, 2.75) is 20.3 Å². The van der Waals surface area contributed by atoms with Crippen LogP contribution in [-0.2, 0) is 9.93 Å². The molecule has 0 bridgehead atoms. The first-order valence-electron chi connectivity index (χ1n) is 2.70. The highest BCUT2D eigenvalue weighted by Crippen LogP contribution is 1.97. The predicted octanol–water partition coefficient (Wildman–Crippen LogP) is 1.45. The lowest BCUT2D eigenvalue weighted by molar-refractivity contribution is -0.491. The van der Waals surface area contributed by atoms with E-state index in [4.69, 9.17) is 5.26 Å². The quantitative estimate of drug-likeness (QED) is 0.346. The van der Waals surface area contributed by atoms with Crippen molar-refractivity contribution >= 4 is 0 Å². The van der Waals surface area contributed by atoms with Crippen molar-refractivity contribution in [1.29, 1.82) is 0 Å². The lowest BCUT2D eigenvalue weighted by Gasteiger charge is -2.00. The molecular weight excluding hydrogens is 108 g/mol. The van der Waals surface area contributed by atoms with E-state index in [0.29, 0.717) is 12.5 Å². The summed E-state index contributed by atoms with van der Waals surface area (Å²) >= 11 is 0. The molecule has 0 radical (unpaired) electrons. The van der Waals surface area contributed by atoms with Crippen LogP contribution < -0.4 is 0 Å².